The number of anilines is 3. The maximum atomic E-state index is 5.29. The molecular formula is C48H31N3. The molecule has 0 N–H and O–H groups in total. The van der Waals surface area contributed by atoms with Crippen molar-refractivity contribution < 1.29 is 0 Å². The van der Waals surface area contributed by atoms with Gasteiger partial charge in [-0.15, -0.1) is 0 Å². The largest absolute Gasteiger partial charge is 0.309 e. The molecule has 10 rings (SSSR count). The number of benzene rings is 8. The average molecular weight is 650 g/mol. The van der Waals surface area contributed by atoms with Crippen LogP contribution in [-0.4, -0.2) is 9.97 Å². The molecule has 1 aliphatic heterocycles. The summed E-state index contributed by atoms with van der Waals surface area (Å²) in [4.78, 5) is 12.8. The number of para-hydroxylation sites is 2. The minimum Gasteiger partial charge on any atom is -0.309 e. The molecule has 3 nitrogen and oxygen atoms in total. The van der Waals surface area contributed by atoms with Gasteiger partial charge in [0, 0.05) is 33.2 Å². The molecule has 9 aromatic rings. The summed E-state index contributed by atoms with van der Waals surface area (Å²) in [7, 11) is 0. The lowest BCUT2D eigenvalue weighted by molar-refractivity contribution is 1.22. The predicted octanol–water partition coefficient (Wildman–Crippen LogP) is 12.9. The fourth-order valence-electron chi connectivity index (χ4n) is 7.62. The van der Waals surface area contributed by atoms with E-state index >= 15 is 0 Å². The lowest BCUT2D eigenvalue weighted by Crippen LogP contribution is -2.15. The second kappa shape index (κ2) is 11.9. The van der Waals surface area contributed by atoms with Gasteiger partial charge in [0.15, 0.2) is 5.82 Å². The summed E-state index contributed by atoms with van der Waals surface area (Å²) in [6.07, 6.45) is 0. The van der Waals surface area contributed by atoms with Crippen LogP contribution in [0.4, 0.5) is 17.1 Å². The summed E-state index contributed by atoms with van der Waals surface area (Å²) < 4.78 is 0. The van der Waals surface area contributed by atoms with E-state index in [9.17, 15) is 0 Å². The summed E-state index contributed by atoms with van der Waals surface area (Å²) in [6.45, 7) is 0. The third kappa shape index (κ3) is 4.90. The smallest absolute Gasteiger partial charge is 0.160 e. The van der Waals surface area contributed by atoms with E-state index in [1.165, 1.54) is 44.3 Å². The molecule has 0 unspecified atom stereocenters. The molecule has 0 aliphatic carbocycles. The normalized spacial score (nSPS) is 11.9. The highest BCUT2D eigenvalue weighted by molar-refractivity contribution is 6.17. The minimum absolute atomic E-state index is 0.709. The van der Waals surface area contributed by atoms with Crippen LogP contribution in [0.1, 0.15) is 0 Å². The zero-order valence-electron chi connectivity index (χ0n) is 27.7. The molecule has 0 amide bonds. The third-order valence-corrected chi connectivity index (χ3v) is 10.0. The number of rotatable bonds is 5. The molecule has 8 aromatic carbocycles. The highest BCUT2D eigenvalue weighted by atomic mass is 15.2. The number of nitrogens with zero attached hydrogens (tertiary/aromatic N) is 3. The monoisotopic (exact) mass is 649 g/mol. The number of aromatic nitrogens is 2. The molecule has 1 aromatic heterocycles. The van der Waals surface area contributed by atoms with Crippen LogP contribution >= 0.6 is 0 Å². The quantitative estimate of drug-likeness (QED) is 0.186. The lowest BCUT2D eigenvalue weighted by atomic mass is 9.87. The highest BCUT2D eigenvalue weighted by Crippen LogP contribution is 2.53. The van der Waals surface area contributed by atoms with Crippen molar-refractivity contribution in [2.75, 3.05) is 4.90 Å². The van der Waals surface area contributed by atoms with Gasteiger partial charge in [-0.25, -0.2) is 9.97 Å². The van der Waals surface area contributed by atoms with Gasteiger partial charge in [0.25, 0.3) is 0 Å². The fraction of sp³-hybridized carbons (Fsp3) is 0. The molecule has 51 heavy (non-hydrogen) atoms. The van der Waals surface area contributed by atoms with Crippen molar-refractivity contribution in [3.8, 4) is 56.0 Å². The van der Waals surface area contributed by atoms with Crippen LogP contribution in [0.2, 0.25) is 0 Å². The Kier molecular flexibility index (Phi) is 6.81. The van der Waals surface area contributed by atoms with Crippen molar-refractivity contribution in [2.45, 2.75) is 0 Å². The highest BCUT2D eigenvalue weighted by Gasteiger charge is 2.27. The Balaban J connectivity index is 1.17. The van der Waals surface area contributed by atoms with Crippen LogP contribution in [0.5, 0.6) is 0 Å². The van der Waals surface area contributed by atoms with Gasteiger partial charge in [0.2, 0.25) is 0 Å². The van der Waals surface area contributed by atoms with E-state index in [1.54, 1.807) is 0 Å². The summed E-state index contributed by atoms with van der Waals surface area (Å²) in [6, 6.07) is 66.8. The van der Waals surface area contributed by atoms with Gasteiger partial charge in [-0.2, -0.15) is 0 Å². The summed E-state index contributed by atoms with van der Waals surface area (Å²) in [5, 5.41) is 3.51. The van der Waals surface area contributed by atoms with E-state index in [1.807, 2.05) is 12.1 Å². The Morgan fingerprint density at radius 3 is 1.75 bits per heavy atom. The zero-order chi connectivity index (χ0) is 33.7. The molecule has 0 radical (unpaired) electrons. The molecule has 3 heteroatoms. The van der Waals surface area contributed by atoms with Crippen LogP contribution in [0, 0.1) is 0 Å². The second-order valence-electron chi connectivity index (χ2n) is 13.0. The van der Waals surface area contributed by atoms with Crippen molar-refractivity contribution in [2.24, 2.45) is 0 Å². The SMILES string of the molecule is c1ccc(-c2ccc(-c3nc(-c4ccc5c(c4)-c4cccc6c(-c7ccccc7)ccc(c46)N5c4ccccc4)nc4ccccc34)cc2)cc1. The van der Waals surface area contributed by atoms with Crippen molar-refractivity contribution in [1.82, 2.24) is 9.97 Å². The Labute approximate surface area is 296 Å². The molecule has 1 aliphatic rings. The Hall–Kier alpha value is -6.84. The zero-order valence-corrected chi connectivity index (χ0v) is 27.7. The van der Waals surface area contributed by atoms with Crippen molar-refractivity contribution >= 4 is 38.7 Å². The molecule has 0 saturated carbocycles. The summed E-state index contributed by atoms with van der Waals surface area (Å²) in [5.41, 5.74) is 14.5. The van der Waals surface area contributed by atoms with Crippen molar-refractivity contribution in [1.29, 1.82) is 0 Å². The maximum Gasteiger partial charge on any atom is 0.160 e. The van der Waals surface area contributed by atoms with Crippen LogP contribution in [0.3, 0.4) is 0 Å². The molecule has 0 bridgehead atoms. The van der Waals surface area contributed by atoms with E-state index < -0.39 is 0 Å². The first-order chi connectivity index (χ1) is 25.3. The van der Waals surface area contributed by atoms with Gasteiger partial charge in [-0.05, 0) is 75.7 Å². The standard InChI is InChI=1S/C48H31N3/c1-4-13-32(14-5-1)33-23-25-35(26-24-33)47-41-19-10-11-22-43(41)49-48(50-47)36-27-29-44-42(31-36)40-21-12-20-39-38(34-15-6-2-7-16-34)28-30-45(46(39)40)51(44)37-17-8-3-9-18-37/h1-31H. The summed E-state index contributed by atoms with van der Waals surface area (Å²) >= 11 is 0. The molecular weight excluding hydrogens is 619 g/mol. The Bertz CT molecular complexity index is 2720. The summed E-state index contributed by atoms with van der Waals surface area (Å²) in [5.74, 6) is 0.709. The molecule has 0 atom stereocenters. The lowest BCUT2D eigenvalue weighted by Gasteiger charge is -2.34. The van der Waals surface area contributed by atoms with Crippen LogP contribution in [0.25, 0.3) is 77.7 Å². The molecule has 0 fully saturated rings. The maximum absolute atomic E-state index is 5.29. The van der Waals surface area contributed by atoms with Gasteiger partial charge in [-0.1, -0.05) is 146 Å². The van der Waals surface area contributed by atoms with Gasteiger partial charge < -0.3 is 4.90 Å². The topological polar surface area (TPSA) is 29.0 Å². The fourth-order valence-corrected chi connectivity index (χ4v) is 7.62. The predicted molar refractivity (Wildman–Crippen MR) is 212 cm³/mol. The number of fused-ring (bicyclic) bond motifs is 3. The van der Waals surface area contributed by atoms with E-state index in [4.69, 9.17) is 9.97 Å². The Morgan fingerprint density at radius 2 is 0.961 bits per heavy atom. The molecule has 2 heterocycles. The first-order valence-electron chi connectivity index (χ1n) is 17.3. The minimum atomic E-state index is 0.709. The van der Waals surface area contributed by atoms with Gasteiger partial charge >= 0.3 is 0 Å². The van der Waals surface area contributed by atoms with Crippen LogP contribution in [0.15, 0.2) is 188 Å². The van der Waals surface area contributed by atoms with Crippen molar-refractivity contribution in [3.63, 3.8) is 0 Å². The van der Waals surface area contributed by atoms with Crippen molar-refractivity contribution in [3.05, 3.63) is 188 Å². The van der Waals surface area contributed by atoms with Crippen LogP contribution in [-0.2, 0) is 0 Å². The van der Waals surface area contributed by atoms with E-state index in [0.29, 0.717) is 5.82 Å². The first kappa shape index (κ1) is 29.1. The van der Waals surface area contributed by atoms with Gasteiger partial charge in [0.1, 0.15) is 0 Å². The third-order valence-electron chi connectivity index (χ3n) is 10.0. The molecule has 0 saturated heterocycles. The number of hydrogen-bond donors (Lipinski definition) is 0. The molecule has 0 spiro atoms. The number of hydrogen-bond acceptors (Lipinski definition) is 3. The van der Waals surface area contributed by atoms with E-state index in [-0.39, 0.29) is 0 Å². The Morgan fingerprint density at radius 1 is 0.353 bits per heavy atom. The van der Waals surface area contributed by atoms with Crippen LogP contribution < -0.4 is 4.90 Å². The molecule has 238 valence electrons. The van der Waals surface area contributed by atoms with E-state index in [2.05, 4.69) is 181 Å². The van der Waals surface area contributed by atoms with Gasteiger partial charge in [0.05, 0.1) is 22.6 Å². The first-order valence-corrected chi connectivity index (χ1v) is 17.3. The second-order valence-corrected chi connectivity index (χ2v) is 13.0. The average Bonchev–Trinajstić information content (AvgIpc) is 3.21. The van der Waals surface area contributed by atoms with Gasteiger partial charge in [-0.3, -0.25) is 0 Å². The van der Waals surface area contributed by atoms with E-state index in [0.717, 1.165) is 44.7 Å².